The van der Waals surface area contributed by atoms with Crippen molar-refractivity contribution in [1.29, 1.82) is 0 Å². The van der Waals surface area contributed by atoms with Gasteiger partial charge in [0.15, 0.2) is 0 Å². The van der Waals surface area contributed by atoms with Crippen molar-refractivity contribution in [2.45, 2.75) is 25.9 Å². The summed E-state index contributed by atoms with van der Waals surface area (Å²) in [6.07, 6.45) is 1.10. The number of nitrogens with zero attached hydrogens (tertiary/aromatic N) is 2. The Kier molecular flexibility index (Phi) is 5.79. The highest BCUT2D eigenvalue weighted by atomic mass is 79.9. The molecule has 0 radical (unpaired) electrons. The summed E-state index contributed by atoms with van der Waals surface area (Å²) in [6.45, 7) is 5.08. The van der Waals surface area contributed by atoms with Crippen molar-refractivity contribution in [3.8, 4) is 0 Å². The summed E-state index contributed by atoms with van der Waals surface area (Å²) in [7, 11) is 1.86. The minimum atomic E-state index is 0.163. The van der Waals surface area contributed by atoms with E-state index in [0.29, 0.717) is 19.0 Å². The SMILES string of the molecule is CC(N)C1CCN(CC(=O)N(C)Cc2ccccc2Br)C1. The molecule has 4 nitrogen and oxygen atoms in total. The van der Waals surface area contributed by atoms with Gasteiger partial charge in [-0.05, 0) is 37.4 Å². The lowest BCUT2D eigenvalue weighted by Crippen LogP contribution is -2.38. The predicted octanol–water partition coefficient (Wildman–Crippen LogP) is 2.08. The fourth-order valence-electron chi connectivity index (χ4n) is 2.72. The molecule has 1 aromatic rings. The van der Waals surface area contributed by atoms with E-state index in [4.69, 9.17) is 5.73 Å². The van der Waals surface area contributed by atoms with Crippen LogP contribution in [-0.2, 0) is 11.3 Å². The van der Waals surface area contributed by atoms with Gasteiger partial charge in [-0.3, -0.25) is 9.69 Å². The smallest absolute Gasteiger partial charge is 0.236 e. The minimum absolute atomic E-state index is 0.163. The zero-order valence-electron chi connectivity index (χ0n) is 12.8. The highest BCUT2D eigenvalue weighted by molar-refractivity contribution is 9.10. The van der Waals surface area contributed by atoms with Crippen LogP contribution in [0.5, 0.6) is 0 Å². The number of likely N-dealkylation sites (N-methyl/N-ethyl adjacent to an activating group) is 1. The zero-order chi connectivity index (χ0) is 15.4. The summed E-state index contributed by atoms with van der Waals surface area (Å²) < 4.78 is 1.04. The Morgan fingerprint density at radius 3 is 2.86 bits per heavy atom. The lowest BCUT2D eigenvalue weighted by Gasteiger charge is -2.22. The normalized spacial score (nSPS) is 20.5. The van der Waals surface area contributed by atoms with Gasteiger partial charge in [-0.2, -0.15) is 0 Å². The van der Waals surface area contributed by atoms with Gasteiger partial charge >= 0.3 is 0 Å². The van der Waals surface area contributed by atoms with E-state index in [0.717, 1.165) is 29.5 Å². The fraction of sp³-hybridized carbons (Fsp3) is 0.562. The Hall–Kier alpha value is -0.910. The number of carbonyl (C=O) groups is 1. The average molecular weight is 354 g/mol. The van der Waals surface area contributed by atoms with E-state index < -0.39 is 0 Å². The number of nitrogens with two attached hydrogens (primary N) is 1. The monoisotopic (exact) mass is 353 g/mol. The first-order valence-electron chi connectivity index (χ1n) is 7.42. The molecule has 2 atom stereocenters. The molecule has 1 aliphatic rings. The van der Waals surface area contributed by atoms with Crippen LogP contribution in [-0.4, -0.2) is 48.4 Å². The molecule has 0 spiro atoms. The van der Waals surface area contributed by atoms with E-state index in [1.807, 2.05) is 31.3 Å². The van der Waals surface area contributed by atoms with Crippen LogP contribution < -0.4 is 5.73 Å². The topological polar surface area (TPSA) is 49.6 Å². The first kappa shape index (κ1) is 16.5. The molecule has 2 rings (SSSR count). The molecule has 5 heteroatoms. The van der Waals surface area contributed by atoms with E-state index in [2.05, 4.69) is 27.8 Å². The van der Waals surface area contributed by atoms with E-state index in [-0.39, 0.29) is 11.9 Å². The van der Waals surface area contributed by atoms with E-state index in [1.165, 1.54) is 0 Å². The van der Waals surface area contributed by atoms with Crippen LogP contribution in [0.2, 0.25) is 0 Å². The van der Waals surface area contributed by atoms with E-state index >= 15 is 0 Å². The van der Waals surface area contributed by atoms with Gasteiger partial charge < -0.3 is 10.6 Å². The van der Waals surface area contributed by atoms with Crippen molar-refractivity contribution >= 4 is 21.8 Å². The molecule has 0 aromatic heterocycles. The summed E-state index contributed by atoms with van der Waals surface area (Å²) in [5.41, 5.74) is 7.07. The third-order valence-electron chi connectivity index (χ3n) is 4.20. The number of carbonyl (C=O) groups excluding carboxylic acids is 1. The molecule has 1 heterocycles. The molecule has 2 unspecified atom stereocenters. The Morgan fingerprint density at radius 1 is 1.52 bits per heavy atom. The van der Waals surface area contributed by atoms with Crippen LogP contribution in [0.3, 0.4) is 0 Å². The van der Waals surface area contributed by atoms with E-state index in [1.54, 1.807) is 4.90 Å². The van der Waals surface area contributed by atoms with Crippen molar-refractivity contribution in [3.63, 3.8) is 0 Å². The number of likely N-dealkylation sites (tertiary alicyclic amines) is 1. The predicted molar refractivity (Wildman–Crippen MR) is 88.8 cm³/mol. The Morgan fingerprint density at radius 2 is 2.24 bits per heavy atom. The van der Waals surface area contributed by atoms with Crippen LogP contribution in [0.4, 0.5) is 0 Å². The molecule has 2 N–H and O–H groups in total. The summed E-state index contributed by atoms with van der Waals surface area (Å²) in [5, 5.41) is 0. The van der Waals surface area contributed by atoms with Crippen LogP contribution in [0.15, 0.2) is 28.7 Å². The molecule has 0 aliphatic carbocycles. The highest BCUT2D eigenvalue weighted by Crippen LogP contribution is 2.20. The van der Waals surface area contributed by atoms with Crippen LogP contribution in [0.1, 0.15) is 18.9 Å². The van der Waals surface area contributed by atoms with Gasteiger partial charge in [0, 0.05) is 30.7 Å². The second kappa shape index (κ2) is 7.38. The summed E-state index contributed by atoms with van der Waals surface area (Å²) in [6, 6.07) is 8.22. The van der Waals surface area contributed by atoms with Crippen LogP contribution in [0, 0.1) is 5.92 Å². The van der Waals surface area contributed by atoms with Crippen molar-refractivity contribution in [2.24, 2.45) is 11.7 Å². The molecule has 1 fully saturated rings. The molecule has 1 saturated heterocycles. The number of amides is 1. The molecule has 116 valence electrons. The van der Waals surface area contributed by atoms with Crippen LogP contribution in [0.25, 0.3) is 0 Å². The largest absolute Gasteiger partial charge is 0.340 e. The molecular formula is C16H24BrN3O. The highest BCUT2D eigenvalue weighted by Gasteiger charge is 2.27. The first-order valence-corrected chi connectivity index (χ1v) is 8.22. The van der Waals surface area contributed by atoms with Crippen LogP contribution >= 0.6 is 15.9 Å². The molecule has 0 bridgehead atoms. The van der Waals surface area contributed by atoms with Crippen molar-refractivity contribution in [3.05, 3.63) is 34.3 Å². The van der Waals surface area contributed by atoms with Gasteiger partial charge in [0.2, 0.25) is 5.91 Å². The summed E-state index contributed by atoms with van der Waals surface area (Å²) >= 11 is 3.52. The Balaban J connectivity index is 1.85. The number of rotatable bonds is 5. The molecule has 1 aliphatic heterocycles. The third-order valence-corrected chi connectivity index (χ3v) is 4.98. The second-order valence-corrected chi connectivity index (χ2v) is 6.84. The quantitative estimate of drug-likeness (QED) is 0.881. The lowest BCUT2D eigenvalue weighted by atomic mass is 10.0. The standard InChI is InChI=1S/C16H24BrN3O/c1-12(18)13-7-8-20(10-13)11-16(21)19(2)9-14-5-3-4-6-15(14)17/h3-6,12-13H,7-11,18H2,1-2H3. The molecule has 1 amide bonds. The molecule has 21 heavy (non-hydrogen) atoms. The third kappa shape index (κ3) is 4.53. The second-order valence-electron chi connectivity index (χ2n) is 5.98. The zero-order valence-corrected chi connectivity index (χ0v) is 14.3. The first-order chi connectivity index (χ1) is 9.97. The van der Waals surface area contributed by atoms with E-state index in [9.17, 15) is 4.79 Å². The maximum Gasteiger partial charge on any atom is 0.236 e. The summed E-state index contributed by atoms with van der Waals surface area (Å²) in [5.74, 6) is 0.683. The van der Waals surface area contributed by atoms with Gasteiger partial charge in [-0.15, -0.1) is 0 Å². The van der Waals surface area contributed by atoms with Gasteiger partial charge in [-0.1, -0.05) is 34.1 Å². The Bertz CT molecular complexity index is 492. The van der Waals surface area contributed by atoms with Crippen molar-refractivity contribution in [1.82, 2.24) is 9.80 Å². The van der Waals surface area contributed by atoms with Gasteiger partial charge in [0.05, 0.1) is 6.54 Å². The average Bonchev–Trinajstić information content (AvgIpc) is 2.90. The maximum atomic E-state index is 12.3. The number of hydrogen-bond donors (Lipinski definition) is 1. The van der Waals surface area contributed by atoms with Gasteiger partial charge in [0.1, 0.15) is 0 Å². The number of halogens is 1. The van der Waals surface area contributed by atoms with Gasteiger partial charge in [0.25, 0.3) is 0 Å². The van der Waals surface area contributed by atoms with Crippen molar-refractivity contribution in [2.75, 3.05) is 26.7 Å². The molecule has 1 aromatic carbocycles. The fourth-order valence-corrected chi connectivity index (χ4v) is 3.13. The molecule has 0 saturated carbocycles. The number of benzene rings is 1. The lowest BCUT2D eigenvalue weighted by molar-refractivity contribution is -0.131. The molecular weight excluding hydrogens is 330 g/mol. The minimum Gasteiger partial charge on any atom is -0.340 e. The summed E-state index contributed by atoms with van der Waals surface area (Å²) in [4.78, 5) is 16.3. The maximum absolute atomic E-state index is 12.3. The van der Waals surface area contributed by atoms with Gasteiger partial charge in [-0.25, -0.2) is 0 Å². The Labute approximate surface area is 135 Å². The van der Waals surface area contributed by atoms with Crippen molar-refractivity contribution < 1.29 is 4.79 Å². The number of hydrogen-bond acceptors (Lipinski definition) is 3.